The molecule has 28 heavy (non-hydrogen) atoms. The third-order valence-electron chi connectivity index (χ3n) is 5.09. The lowest BCUT2D eigenvalue weighted by Crippen LogP contribution is -2.42. The summed E-state index contributed by atoms with van der Waals surface area (Å²) in [6, 6.07) is 14.9. The van der Waals surface area contributed by atoms with Crippen molar-refractivity contribution >= 4 is 29.3 Å². The van der Waals surface area contributed by atoms with E-state index in [4.69, 9.17) is 0 Å². The summed E-state index contributed by atoms with van der Waals surface area (Å²) < 4.78 is 0. The minimum Gasteiger partial charge on any atom is -0.338 e. The van der Waals surface area contributed by atoms with E-state index < -0.39 is 0 Å². The van der Waals surface area contributed by atoms with E-state index in [2.05, 4.69) is 25.4 Å². The molecule has 0 spiro atoms. The maximum Gasteiger partial charge on any atom is 0.255 e. The Morgan fingerprint density at radius 2 is 1.68 bits per heavy atom. The van der Waals surface area contributed by atoms with Gasteiger partial charge in [-0.15, -0.1) is 0 Å². The van der Waals surface area contributed by atoms with Gasteiger partial charge in [0.05, 0.1) is 11.3 Å². The Bertz CT molecular complexity index is 825. The van der Waals surface area contributed by atoms with Gasteiger partial charge in [-0.2, -0.15) is 11.8 Å². The number of anilines is 1. The van der Waals surface area contributed by atoms with Gasteiger partial charge in [-0.25, -0.2) is 0 Å². The lowest BCUT2D eigenvalue weighted by Gasteiger charge is -2.35. The van der Waals surface area contributed by atoms with Crippen LogP contribution in [0.25, 0.3) is 0 Å². The average molecular weight is 397 g/mol. The normalized spacial score (nSPS) is 19.3. The molecule has 1 fully saturated rings. The lowest BCUT2D eigenvalue weighted by molar-refractivity contribution is 0.0624. The first kappa shape index (κ1) is 20.5. The van der Waals surface area contributed by atoms with E-state index >= 15 is 0 Å². The highest BCUT2D eigenvalue weighted by Crippen LogP contribution is 2.25. The fraction of sp³-hybridized carbons (Fsp3) is 0.391. The number of hydrogen-bond donors (Lipinski definition) is 1. The zero-order valence-electron chi connectivity index (χ0n) is 16.8. The molecule has 1 heterocycles. The molecule has 0 aliphatic carbocycles. The predicted octanol–water partition coefficient (Wildman–Crippen LogP) is 4.92. The van der Waals surface area contributed by atoms with Gasteiger partial charge >= 0.3 is 0 Å². The molecule has 1 aliphatic rings. The highest BCUT2D eigenvalue weighted by atomic mass is 32.2. The quantitative estimate of drug-likeness (QED) is 0.780. The van der Waals surface area contributed by atoms with E-state index in [1.165, 1.54) is 5.56 Å². The summed E-state index contributed by atoms with van der Waals surface area (Å²) in [4.78, 5) is 27.7. The summed E-state index contributed by atoms with van der Waals surface area (Å²) in [6.45, 7) is 5.90. The van der Waals surface area contributed by atoms with E-state index in [9.17, 15) is 9.59 Å². The Morgan fingerprint density at radius 1 is 1.04 bits per heavy atom. The number of rotatable bonds is 5. The Labute approximate surface area is 171 Å². The van der Waals surface area contributed by atoms with Crippen LogP contribution in [0.4, 0.5) is 5.69 Å². The van der Waals surface area contributed by atoms with E-state index in [0.29, 0.717) is 28.7 Å². The van der Waals surface area contributed by atoms with Crippen LogP contribution in [0.3, 0.4) is 0 Å². The van der Waals surface area contributed by atoms with Gasteiger partial charge in [0, 0.05) is 24.4 Å². The monoisotopic (exact) mass is 396 g/mol. The minimum atomic E-state index is -0.198. The molecule has 0 radical (unpaired) electrons. The Morgan fingerprint density at radius 3 is 2.32 bits per heavy atom. The number of amides is 2. The van der Waals surface area contributed by atoms with Crippen molar-refractivity contribution in [1.82, 2.24) is 4.90 Å². The summed E-state index contributed by atoms with van der Waals surface area (Å²) in [6.07, 6.45) is 3.20. The van der Waals surface area contributed by atoms with Crippen LogP contribution < -0.4 is 5.32 Å². The van der Waals surface area contributed by atoms with Crippen molar-refractivity contribution in [3.8, 4) is 0 Å². The fourth-order valence-electron chi connectivity index (χ4n) is 3.89. The molecule has 0 aromatic heterocycles. The van der Waals surface area contributed by atoms with Crippen molar-refractivity contribution in [2.24, 2.45) is 11.8 Å². The third kappa shape index (κ3) is 4.96. The molecule has 3 rings (SSSR count). The van der Waals surface area contributed by atoms with Crippen LogP contribution in [0.15, 0.2) is 48.5 Å². The van der Waals surface area contributed by atoms with Gasteiger partial charge in [-0.05, 0) is 54.3 Å². The number of carbonyl (C=O) groups excluding carboxylic acids is 2. The molecule has 148 valence electrons. The second-order valence-electron chi connectivity index (χ2n) is 7.79. The SMILES string of the molecule is CSCc1ccc(C(=O)Nc2ccccc2C(=O)N2CC(C)CC(C)C2)cc1. The predicted molar refractivity (Wildman–Crippen MR) is 117 cm³/mol. The molecule has 2 amide bonds. The van der Waals surface area contributed by atoms with Crippen LogP contribution in [0, 0.1) is 11.8 Å². The number of nitrogens with one attached hydrogen (secondary N) is 1. The summed E-state index contributed by atoms with van der Waals surface area (Å²) in [5, 5.41) is 2.93. The van der Waals surface area contributed by atoms with Gasteiger partial charge in [0.1, 0.15) is 0 Å². The van der Waals surface area contributed by atoms with Gasteiger partial charge in [-0.1, -0.05) is 38.1 Å². The van der Waals surface area contributed by atoms with Crippen LogP contribution >= 0.6 is 11.8 Å². The number of benzene rings is 2. The average Bonchev–Trinajstić information content (AvgIpc) is 2.68. The largest absolute Gasteiger partial charge is 0.338 e. The fourth-order valence-corrected chi connectivity index (χ4v) is 4.42. The van der Waals surface area contributed by atoms with Crippen LogP contribution in [-0.2, 0) is 5.75 Å². The van der Waals surface area contributed by atoms with Gasteiger partial charge in [0.25, 0.3) is 11.8 Å². The van der Waals surface area contributed by atoms with Crippen molar-refractivity contribution in [2.75, 3.05) is 24.7 Å². The molecular formula is C23H28N2O2S. The van der Waals surface area contributed by atoms with Crippen LogP contribution in [0.2, 0.25) is 0 Å². The van der Waals surface area contributed by atoms with Gasteiger partial charge in [0.2, 0.25) is 0 Å². The molecule has 1 N–H and O–H groups in total. The first-order valence-electron chi connectivity index (χ1n) is 9.75. The van der Waals surface area contributed by atoms with E-state index in [-0.39, 0.29) is 11.8 Å². The van der Waals surface area contributed by atoms with Crippen molar-refractivity contribution in [3.05, 3.63) is 65.2 Å². The number of para-hydroxylation sites is 1. The molecule has 2 unspecified atom stereocenters. The standard InChI is InChI=1S/C23H28N2O2S/c1-16-12-17(2)14-25(13-16)23(27)20-6-4-5-7-21(20)24-22(26)19-10-8-18(9-11-19)15-28-3/h4-11,16-17H,12-15H2,1-3H3,(H,24,26). The molecule has 5 heteroatoms. The van der Waals surface area contributed by atoms with Crippen molar-refractivity contribution in [3.63, 3.8) is 0 Å². The number of piperidine rings is 1. The molecule has 2 atom stereocenters. The molecular weight excluding hydrogens is 368 g/mol. The Hall–Kier alpha value is -2.27. The summed E-state index contributed by atoms with van der Waals surface area (Å²) >= 11 is 1.75. The summed E-state index contributed by atoms with van der Waals surface area (Å²) in [5.74, 6) is 1.70. The number of nitrogens with zero attached hydrogens (tertiary/aromatic N) is 1. The van der Waals surface area contributed by atoms with E-state index in [0.717, 1.165) is 25.3 Å². The molecule has 1 saturated heterocycles. The number of likely N-dealkylation sites (tertiary alicyclic amines) is 1. The van der Waals surface area contributed by atoms with Crippen molar-refractivity contribution < 1.29 is 9.59 Å². The first-order valence-corrected chi connectivity index (χ1v) is 11.1. The zero-order valence-corrected chi connectivity index (χ0v) is 17.6. The molecule has 1 aliphatic heterocycles. The topological polar surface area (TPSA) is 49.4 Å². The zero-order chi connectivity index (χ0) is 20.1. The van der Waals surface area contributed by atoms with E-state index in [1.54, 1.807) is 23.9 Å². The number of thioether (sulfide) groups is 1. The molecule has 0 saturated carbocycles. The highest BCUT2D eigenvalue weighted by molar-refractivity contribution is 7.97. The number of hydrogen-bond acceptors (Lipinski definition) is 3. The van der Waals surface area contributed by atoms with Crippen molar-refractivity contribution in [1.29, 1.82) is 0 Å². The molecule has 4 nitrogen and oxygen atoms in total. The van der Waals surface area contributed by atoms with Gasteiger partial charge in [0.15, 0.2) is 0 Å². The second-order valence-corrected chi connectivity index (χ2v) is 8.65. The minimum absolute atomic E-state index is 0.00961. The smallest absolute Gasteiger partial charge is 0.255 e. The first-order chi connectivity index (χ1) is 13.5. The summed E-state index contributed by atoms with van der Waals surface area (Å²) in [7, 11) is 0. The maximum absolute atomic E-state index is 13.1. The van der Waals surface area contributed by atoms with Crippen LogP contribution in [0.1, 0.15) is 46.5 Å². The number of carbonyl (C=O) groups is 2. The molecule has 2 aromatic rings. The van der Waals surface area contributed by atoms with E-state index in [1.807, 2.05) is 41.3 Å². The van der Waals surface area contributed by atoms with Gasteiger partial charge < -0.3 is 10.2 Å². The van der Waals surface area contributed by atoms with Crippen LogP contribution in [-0.4, -0.2) is 36.1 Å². The molecule has 2 aromatic carbocycles. The van der Waals surface area contributed by atoms with Crippen LogP contribution in [0.5, 0.6) is 0 Å². The van der Waals surface area contributed by atoms with Gasteiger partial charge in [-0.3, -0.25) is 9.59 Å². The summed E-state index contributed by atoms with van der Waals surface area (Å²) in [5.41, 5.74) is 2.90. The molecule has 0 bridgehead atoms. The Kier molecular flexibility index (Phi) is 6.79. The third-order valence-corrected chi connectivity index (χ3v) is 5.71. The lowest BCUT2D eigenvalue weighted by atomic mass is 9.91. The highest BCUT2D eigenvalue weighted by Gasteiger charge is 2.27. The Balaban J connectivity index is 1.76. The second kappa shape index (κ2) is 9.28. The maximum atomic E-state index is 13.1. The van der Waals surface area contributed by atoms with Crippen molar-refractivity contribution in [2.45, 2.75) is 26.0 Å².